The van der Waals surface area contributed by atoms with E-state index in [4.69, 9.17) is 5.11 Å². The largest absolute Gasteiger partial charge is 0.504 e. The molecule has 0 aliphatic carbocycles. The molecule has 88 valence electrons. The van der Waals surface area contributed by atoms with Crippen LogP contribution in [-0.4, -0.2) is 21.3 Å². The molecule has 0 spiro atoms. The lowest BCUT2D eigenvalue weighted by molar-refractivity contribution is 0.0691. The maximum absolute atomic E-state index is 11.1. The third-order valence-electron chi connectivity index (χ3n) is 2.57. The van der Waals surface area contributed by atoms with Gasteiger partial charge in [0.15, 0.2) is 11.5 Å². The zero-order valence-electron chi connectivity index (χ0n) is 9.45. The van der Waals surface area contributed by atoms with Crippen LogP contribution in [-0.2, 0) is 12.8 Å². The van der Waals surface area contributed by atoms with Crippen LogP contribution in [0.1, 0.15) is 41.8 Å². The molecule has 1 rings (SSSR count). The summed E-state index contributed by atoms with van der Waals surface area (Å²) in [5.41, 5.74) is 1.22. The van der Waals surface area contributed by atoms with Gasteiger partial charge in [0.25, 0.3) is 0 Å². The highest BCUT2D eigenvalue weighted by Gasteiger charge is 2.21. The van der Waals surface area contributed by atoms with Crippen LogP contribution in [0.3, 0.4) is 0 Å². The Morgan fingerprint density at radius 2 is 1.94 bits per heavy atom. The first-order valence-electron chi connectivity index (χ1n) is 5.32. The highest BCUT2D eigenvalue weighted by Crippen LogP contribution is 2.35. The van der Waals surface area contributed by atoms with Gasteiger partial charge in [0.1, 0.15) is 5.56 Å². The number of hydrogen-bond acceptors (Lipinski definition) is 3. The SMILES string of the molecule is CCCc1c(CC)cc(O)c(O)c1C(=O)O. The molecule has 0 amide bonds. The zero-order valence-corrected chi connectivity index (χ0v) is 9.45. The van der Waals surface area contributed by atoms with Crippen molar-refractivity contribution in [2.24, 2.45) is 0 Å². The minimum Gasteiger partial charge on any atom is -0.504 e. The Hall–Kier alpha value is -1.71. The number of rotatable bonds is 4. The molecule has 4 nitrogen and oxygen atoms in total. The van der Waals surface area contributed by atoms with Crippen LogP contribution in [0.2, 0.25) is 0 Å². The quantitative estimate of drug-likeness (QED) is 0.686. The second-order valence-electron chi connectivity index (χ2n) is 3.67. The van der Waals surface area contributed by atoms with Crippen molar-refractivity contribution in [2.45, 2.75) is 33.1 Å². The number of phenolic OH excluding ortho intramolecular Hbond substituents is 1. The lowest BCUT2D eigenvalue weighted by atomic mass is 9.94. The minimum atomic E-state index is -1.20. The Morgan fingerprint density at radius 1 is 1.31 bits per heavy atom. The maximum atomic E-state index is 11.1. The van der Waals surface area contributed by atoms with E-state index in [1.165, 1.54) is 6.07 Å². The molecule has 0 aromatic heterocycles. The molecule has 16 heavy (non-hydrogen) atoms. The van der Waals surface area contributed by atoms with Crippen molar-refractivity contribution in [2.75, 3.05) is 0 Å². The summed E-state index contributed by atoms with van der Waals surface area (Å²) in [7, 11) is 0. The predicted molar refractivity (Wildman–Crippen MR) is 60.1 cm³/mol. The van der Waals surface area contributed by atoms with Crippen LogP contribution >= 0.6 is 0 Å². The topological polar surface area (TPSA) is 77.8 Å². The fourth-order valence-corrected chi connectivity index (χ4v) is 1.83. The lowest BCUT2D eigenvalue weighted by Gasteiger charge is -2.13. The average molecular weight is 224 g/mol. The number of phenols is 2. The third-order valence-corrected chi connectivity index (χ3v) is 2.57. The molecule has 0 aliphatic rings. The van der Waals surface area contributed by atoms with Gasteiger partial charge in [-0.2, -0.15) is 0 Å². The van der Waals surface area contributed by atoms with Gasteiger partial charge in [-0.3, -0.25) is 0 Å². The summed E-state index contributed by atoms with van der Waals surface area (Å²) in [6, 6.07) is 1.44. The summed E-state index contributed by atoms with van der Waals surface area (Å²) in [5.74, 6) is -2.10. The van der Waals surface area contributed by atoms with Crippen molar-refractivity contribution < 1.29 is 20.1 Å². The van der Waals surface area contributed by atoms with E-state index in [0.717, 1.165) is 12.0 Å². The van der Waals surface area contributed by atoms with Gasteiger partial charge in [0, 0.05) is 0 Å². The summed E-state index contributed by atoms with van der Waals surface area (Å²) in [5, 5.41) is 28.1. The molecule has 0 saturated carbocycles. The highest BCUT2D eigenvalue weighted by molar-refractivity contribution is 5.94. The van der Waals surface area contributed by atoms with Crippen molar-refractivity contribution in [1.29, 1.82) is 0 Å². The van der Waals surface area contributed by atoms with Crippen molar-refractivity contribution >= 4 is 5.97 Å². The normalized spacial score (nSPS) is 10.4. The Labute approximate surface area is 94.2 Å². The van der Waals surface area contributed by atoms with Crippen LogP contribution in [0.25, 0.3) is 0 Å². The van der Waals surface area contributed by atoms with Crippen LogP contribution in [0.15, 0.2) is 6.07 Å². The highest BCUT2D eigenvalue weighted by atomic mass is 16.4. The molecular weight excluding hydrogens is 208 g/mol. The summed E-state index contributed by atoms with van der Waals surface area (Å²) in [6.45, 7) is 3.82. The first-order chi connectivity index (χ1) is 7.52. The van der Waals surface area contributed by atoms with Gasteiger partial charge in [-0.15, -0.1) is 0 Å². The van der Waals surface area contributed by atoms with E-state index in [9.17, 15) is 15.0 Å². The van der Waals surface area contributed by atoms with E-state index in [1.54, 1.807) is 0 Å². The fraction of sp³-hybridized carbons (Fsp3) is 0.417. The molecule has 0 heterocycles. The first-order valence-corrected chi connectivity index (χ1v) is 5.32. The molecule has 3 N–H and O–H groups in total. The molecule has 0 saturated heterocycles. The lowest BCUT2D eigenvalue weighted by Crippen LogP contribution is -2.06. The number of carboxylic acids is 1. The monoisotopic (exact) mass is 224 g/mol. The molecule has 0 unspecified atom stereocenters. The number of aromatic hydroxyl groups is 2. The molecule has 0 fully saturated rings. The summed E-state index contributed by atoms with van der Waals surface area (Å²) >= 11 is 0. The van der Waals surface area contributed by atoms with Crippen molar-refractivity contribution in [1.82, 2.24) is 0 Å². The average Bonchev–Trinajstić information content (AvgIpc) is 2.23. The Bertz CT molecular complexity index is 410. The van der Waals surface area contributed by atoms with Crippen LogP contribution in [0.5, 0.6) is 11.5 Å². The molecule has 4 heteroatoms. The molecule has 0 bridgehead atoms. The van der Waals surface area contributed by atoms with Gasteiger partial charge in [-0.25, -0.2) is 4.79 Å². The second kappa shape index (κ2) is 4.88. The molecular formula is C12H16O4. The second-order valence-corrected chi connectivity index (χ2v) is 3.67. The standard InChI is InChI=1S/C12H16O4/c1-3-5-8-7(4-2)6-9(13)11(14)10(8)12(15)16/h6,13-14H,3-5H2,1-2H3,(H,15,16). The minimum absolute atomic E-state index is 0.168. The van der Waals surface area contributed by atoms with Gasteiger partial charge in [0.2, 0.25) is 0 Å². The molecule has 1 aromatic carbocycles. The van der Waals surface area contributed by atoms with Crippen molar-refractivity contribution in [3.05, 3.63) is 22.8 Å². The number of benzene rings is 1. The smallest absolute Gasteiger partial charge is 0.339 e. The van der Waals surface area contributed by atoms with E-state index >= 15 is 0 Å². The van der Waals surface area contributed by atoms with Gasteiger partial charge < -0.3 is 15.3 Å². The maximum Gasteiger partial charge on any atom is 0.339 e. The van der Waals surface area contributed by atoms with E-state index in [2.05, 4.69) is 0 Å². The summed E-state index contributed by atoms with van der Waals surface area (Å²) < 4.78 is 0. The van der Waals surface area contributed by atoms with E-state index < -0.39 is 11.7 Å². The zero-order chi connectivity index (χ0) is 12.3. The third kappa shape index (κ3) is 2.10. The molecule has 1 aromatic rings. The van der Waals surface area contributed by atoms with E-state index in [1.807, 2.05) is 13.8 Å². The van der Waals surface area contributed by atoms with Crippen LogP contribution in [0.4, 0.5) is 0 Å². The first kappa shape index (κ1) is 12.4. The molecule has 0 atom stereocenters. The summed E-state index contributed by atoms with van der Waals surface area (Å²) in [6.07, 6.45) is 2.00. The van der Waals surface area contributed by atoms with Gasteiger partial charge >= 0.3 is 5.97 Å². The van der Waals surface area contributed by atoms with Crippen molar-refractivity contribution in [3.8, 4) is 11.5 Å². The van der Waals surface area contributed by atoms with E-state index in [-0.39, 0.29) is 11.3 Å². The number of carbonyl (C=O) groups is 1. The fourth-order valence-electron chi connectivity index (χ4n) is 1.83. The number of hydrogen-bond donors (Lipinski definition) is 3. The number of aromatic carboxylic acids is 1. The number of aryl methyl sites for hydroxylation is 1. The van der Waals surface area contributed by atoms with Crippen LogP contribution in [0, 0.1) is 0 Å². The predicted octanol–water partition coefficient (Wildman–Crippen LogP) is 2.31. The number of carboxylic acid groups (broad SMARTS) is 1. The van der Waals surface area contributed by atoms with Gasteiger partial charge in [-0.05, 0) is 30.0 Å². The van der Waals surface area contributed by atoms with Crippen LogP contribution < -0.4 is 0 Å². The molecule has 0 radical (unpaired) electrons. The summed E-state index contributed by atoms with van der Waals surface area (Å²) in [4.78, 5) is 11.1. The van der Waals surface area contributed by atoms with E-state index in [0.29, 0.717) is 18.4 Å². The Morgan fingerprint density at radius 3 is 2.38 bits per heavy atom. The van der Waals surface area contributed by atoms with Crippen molar-refractivity contribution in [3.63, 3.8) is 0 Å². The van der Waals surface area contributed by atoms with Gasteiger partial charge in [0.05, 0.1) is 0 Å². The Kier molecular flexibility index (Phi) is 3.77. The Balaban J connectivity index is 3.50. The van der Waals surface area contributed by atoms with Gasteiger partial charge in [-0.1, -0.05) is 20.3 Å². The molecule has 0 aliphatic heterocycles.